The van der Waals surface area contributed by atoms with Crippen molar-refractivity contribution >= 4 is 9.84 Å². The van der Waals surface area contributed by atoms with Gasteiger partial charge >= 0.3 is 0 Å². The molecule has 0 aromatic heterocycles. The highest BCUT2D eigenvalue weighted by Gasteiger charge is 2.27. The molecule has 2 nitrogen and oxygen atoms in total. The van der Waals surface area contributed by atoms with Crippen LogP contribution in [0.1, 0.15) is 40.0 Å². The molecule has 0 saturated carbocycles. The second-order valence-corrected chi connectivity index (χ2v) is 7.11. The maximum Gasteiger partial charge on any atom is 0.202 e. The summed E-state index contributed by atoms with van der Waals surface area (Å²) in [5.41, 5.74) is 0.0128. The van der Waals surface area contributed by atoms with Crippen LogP contribution in [0, 0.1) is 5.41 Å². The Morgan fingerprint density at radius 3 is 2.11 bits per heavy atom. The maximum atomic E-state index is 12.3. The first-order chi connectivity index (χ1) is 8.35. The summed E-state index contributed by atoms with van der Waals surface area (Å²) in [5, 5.41) is 0. The molecule has 3 heteroatoms. The fourth-order valence-corrected chi connectivity index (χ4v) is 3.22. The van der Waals surface area contributed by atoms with E-state index in [0.717, 1.165) is 12.8 Å². The Bertz CT molecular complexity index is 497. The standard InChI is InChI=1S/C15H22O2S/c1-5-15(4,6-2)12-13(3)18(16,17)14-10-8-7-9-11-14/h7-11H,3,5-6,12H2,1-2,4H3. The van der Waals surface area contributed by atoms with Crippen LogP contribution in [0.15, 0.2) is 46.7 Å². The fourth-order valence-electron chi connectivity index (χ4n) is 1.84. The van der Waals surface area contributed by atoms with Gasteiger partial charge in [-0.15, -0.1) is 0 Å². The average Bonchev–Trinajstić information content (AvgIpc) is 2.39. The predicted octanol–water partition coefficient (Wildman–Crippen LogP) is 4.19. The highest BCUT2D eigenvalue weighted by molar-refractivity contribution is 7.95. The minimum absolute atomic E-state index is 0.0128. The van der Waals surface area contributed by atoms with Gasteiger partial charge in [-0.1, -0.05) is 58.4 Å². The van der Waals surface area contributed by atoms with Crippen LogP contribution in [0.4, 0.5) is 0 Å². The summed E-state index contributed by atoms with van der Waals surface area (Å²) in [7, 11) is -3.39. The van der Waals surface area contributed by atoms with E-state index >= 15 is 0 Å². The summed E-state index contributed by atoms with van der Waals surface area (Å²) < 4.78 is 24.7. The molecule has 1 rings (SSSR count). The summed E-state index contributed by atoms with van der Waals surface area (Å²) >= 11 is 0. The lowest BCUT2D eigenvalue weighted by Gasteiger charge is -2.27. The van der Waals surface area contributed by atoms with Crippen LogP contribution in [0.3, 0.4) is 0 Å². The van der Waals surface area contributed by atoms with Crippen LogP contribution in [-0.2, 0) is 9.84 Å². The third-order valence-electron chi connectivity index (χ3n) is 3.76. The molecule has 0 aliphatic carbocycles. The van der Waals surface area contributed by atoms with Gasteiger partial charge in [0.2, 0.25) is 9.84 Å². The molecule has 0 atom stereocenters. The Kier molecular flexibility index (Phi) is 4.74. The average molecular weight is 266 g/mol. The van der Waals surface area contributed by atoms with Crippen LogP contribution in [0.25, 0.3) is 0 Å². The highest BCUT2D eigenvalue weighted by Crippen LogP contribution is 2.35. The first-order valence-corrected chi connectivity index (χ1v) is 7.82. The second-order valence-electron chi connectivity index (χ2n) is 5.05. The molecule has 0 aliphatic rings. The number of allylic oxidation sites excluding steroid dienone is 1. The molecule has 0 radical (unpaired) electrons. The van der Waals surface area contributed by atoms with Gasteiger partial charge in [0.15, 0.2) is 0 Å². The first-order valence-electron chi connectivity index (χ1n) is 6.33. The third kappa shape index (κ3) is 3.22. The lowest BCUT2D eigenvalue weighted by molar-refractivity contribution is 0.299. The van der Waals surface area contributed by atoms with Gasteiger partial charge in [0, 0.05) is 4.91 Å². The van der Waals surface area contributed by atoms with E-state index in [1.54, 1.807) is 24.3 Å². The van der Waals surface area contributed by atoms with E-state index in [9.17, 15) is 8.42 Å². The molecule has 0 unspecified atom stereocenters. The number of rotatable bonds is 6. The largest absolute Gasteiger partial charge is 0.219 e. The Labute approximate surface area is 111 Å². The van der Waals surface area contributed by atoms with E-state index in [-0.39, 0.29) is 5.41 Å². The molecule has 0 saturated heterocycles. The Morgan fingerprint density at radius 2 is 1.67 bits per heavy atom. The van der Waals surface area contributed by atoms with Crippen molar-refractivity contribution in [2.45, 2.75) is 44.9 Å². The van der Waals surface area contributed by atoms with Crippen LogP contribution in [-0.4, -0.2) is 8.42 Å². The number of hydrogen-bond donors (Lipinski definition) is 0. The van der Waals surface area contributed by atoms with E-state index in [1.165, 1.54) is 0 Å². The zero-order valence-electron chi connectivity index (χ0n) is 11.4. The van der Waals surface area contributed by atoms with Gasteiger partial charge in [0.05, 0.1) is 4.90 Å². The number of hydrogen-bond acceptors (Lipinski definition) is 2. The Balaban J connectivity index is 2.98. The monoisotopic (exact) mass is 266 g/mol. The molecule has 0 amide bonds. The summed E-state index contributed by atoms with van der Waals surface area (Å²) in [5.74, 6) is 0. The first kappa shape index (κ1) is 15.0. The van der Waals surface area contributed by atoms with Gasteiger partial charge in [-0.25, -0.2) is 8.42 Å². The van der Waals surface area contributed by atoms with E-state index in [0.29, 0.717) is 16.2 Å². The van der Waals surface area contributed by atoms with E-state index < -0.39 is 9.84 Å². The van der Waals surface area contributed by atoms with Gasteiger partial charge < -0.3 is 0 Å². The van der Waals surface area contributed by atoms with Gasteiger partial charge in [0.25, 0.3) is 0 Å². The Morgan fingerprint density at radius 1 is 1.17 bits per heavy atom. The van der Waals surface area contributed by atoms with Crippen LogP contribution in [0.2, 0.25) is 0 Å². The van der Waals surface area contributed by atoms with Gasteiger partial charge in [0.1, 0.15) is 0 Å². The summed E-state index contributed by atoms with van der Waals surface area (Å²) in [4.78, 5) is 0.657. The number of benzene rings is 1. The lowest BCUT2D eigenvalue weighted by Crippen LogP contribution is -2.18. The molecule has 0 fully saturated rings. The van der Waals surface area contributed by atoms with Crippen molar-refractivity contribution in [3.8, 4) is 0 Å². The van der Waals surface area contributed by atoms with E-state index in [1.807, 2.05) is 6.07 Å². The van der Waals surface area contributed by atoms with Crippen LogP contribution in [0.5, 0.6) is 0 Å². The maximum absolute atomic E-state index is 12.3. The van der Waals surface area contributed by atoms with Crippen molar-refractivity contribution < 1.29 is 8.42 Å². The third-order valence-corrected chi connectivity index (χ3v) is 5.56. The normalized spacial score (nSPS) is 12.4. The smallest absolute Gasteiger partial charge is 0.202 e. The predicted molar refractivity (Wildman–Crippen MR) is 76.1 cm³/mol. The lowest BCUT2D eigenvalue weighted by atomic mass is 9.81. The summed E-state index contributed by atoms with van der Waals surface area (Å²) in [6.45, 7) is 10.1. The van der Waals surface area contributed by atoms with Crippen molar-refractivity contribution in [3.05, 3.63) is 41.8 Å². The topological polar surface area (TPSA) is 34.1 Å². The molecular weight excluding hydrogens is 244 g/mol. The SMILES string of the molecule is C=C(CC(C)(CC)CC)S(=O)(=O)c1ccccc1. The quantitative estimate of drug-likeness (QED) is 0.773. The number of sulfone groups is 1. The van der Waals surface area contributed by atoms with Crippen LogP contribution < -0.4 is 0 Å². The molecule has 18 heavy (non-hydrogen) atoms. The van der Waals surface area contributed by atoms with Gasteiger partial charge in [-0.2, -0.15) is 0 Å². The molecule has 0 heterocycles. The molecular formula is C15H22O2S. The van der Waals surface area contributed by atoms with Crippen molar-refractivity contribution in [3.63, 3.8) is 0 Å². The summed E-state index contributed by atoms with van der Waals surface area (Å²) in [6, 6.07) is 8.52. The van der Waals surface area contributed by atoms with Crippen LogP contribution >= 0.6 is 0 Å². The molecule has 1 aromatic rings. The van der Waals surface area contributed by atoms with Gasteiger partial charge in [-0.3, -0.25) is 0 Å². The second kappa shape index (κ2) is 5.70. The zero-order chi connectivity index (χ0) is 13.8. The van der Waals surface area contributed by atoms with Gasteiger partial charge in [-0.05, 0) is 24.0 Å². The zero-order valence-corrected chi connectivity index (χ0v) is 12.3. The molecule has 1 aromatic carbocycles. The van der Waals surface area contributed by atoms with E-state index in [4.69, 9.17) is 0 Å². The minimum Gasteiger partial charge on any atom is -0.219 e. The molecule has 0 N–H and O–H groups in total. The van der Waals surface area contributed by atoms with Crippen molar-refractivity contribution in [1.29, 1.82) is 0 Å². The highest BCUT2D eigenvalue weighted by atomic mass is 32.2. The van der Waals surface area contributed by atoms with E-state index in [2.05, 4.69) is 27.4 Å². The van der Waals surface area contributed by atoms with Crippen molar-refractivity contribution in [2.24, 2.45) is 5.41 Å². The fraction of sp³-hybridized carbons (Fsp3) is 0.467. The molecule has 100 valence electrons. The van der Waals surface area contributed by atoms with Crippen molar-refractivity contribution in [1.82, 2.24) is 0 Å². The Hall–Kier alpha value is -1.09. The minimum atomic E-state index is -3.39. The summed E-state index contributed by atoms with van der Waals surface area (Å²) in [6.07, 6.45) is 2.43. The molecule has 0 spiro atoms. The molecule has 0 aliphatic heterocycles. The molecule has 0 bridgehead atoms. The van der Waals surface area contributed by atoms with Crippen molar-refractivity contribution in [2.75, 3.05) is 0 Å².